The molecule has 0 saturated carbocycles. The summed E-state index contributed by atoms with van der Waals surface area (Å²) in [6, 6.07) is 9.12. The number of hydrogen-bond donors (Lipinski definition) is 2. The van der Waals surface area contributed by atoms with Gasteiger partial charge in [0.05, 0.1) is 12.0 Å². The second-order valence-electron chi connectivity index (χ2n) is 5.50. The zero-order chi connectivity index (χ0) is 17.1. The Bertz CT molecular complexity index is 848. The highest BCUT2D eigenvalue weighted by atomic mass is 16.5. The molecule has 0 aliphatic rings. The van der Waals surface area contributed by atoms with E-state index in [1.54, 1.807) is 12.4 Å². The molecule has 0 aliphatic carbocycles. The number of benzene rings is 1. The van der Waals surface area contributed by atoms with E-state index in [0.717, 1.165) is 17.1 Å². The van der Waals surface area contributed by atoms with Gasteiger partial charge in [0.2, 0.25) is 0 Å². The Morgan fingerprint density at radius 2 is 2.04 bits per heavy atom. The number of amides is 1. The van der Waals surface area contributed by atoms with E-state index < -0.39 is 0 Å². The average molecular weight is 325 g/mol. The molecule has 2 aromatic heterocycles. The number of nitrogens with zero attached hydrogens (tertiary/aromatic N) is 3. The number of carbonyl (C=O) groups excluding carboxylic acids is 1. The molecule has 0 saturated heterocycles. The monoisotopic (exact) mass is 325 g/mol. The number of carbonyl (C=O) groups is 1. The Labute approximate surface area is 139 Å². The van der Waals surface area contributed by atoms with Gasteiger partial charge in [0.25, 0.3) is 5.91 Å². The molecule has 0 radical (unpaired) electrons. The van der Waals surface area contributed by atoms with E-state index in [1.807, 2.05) is 42.7 Å². The van der Waals surface area contributed by atoms with Crippen molar-refractivity contribution in [2.24, 2.45) is 5.73 Å². The summed E-state index contributed by atoms with van der Waals surface area (Å²) in [5, 5.41) is 6.55. The average Bonchev–Trinajstić information content (AvgIpc) is 3.17. The number of aromatic nitrogens is 3. The van der Waals surface area contributed by atoms with E-state index in [2.05, 4.69) is 15.5 Å². The second kappa shape index (κ2) is 6.67. The maximum Gasteiger partial charge on any atom is 0.277 e. The van der Waals surface area contributed by atoms with Gasteiger partial charge in [0, 0.05) is 29.6 Å². The van der Waals surface area contributed by atoms with Gasteiger partial charge >= 0.3 is 0 Å². The lowest BCUT2D eigenvalue weighted by Gasteiger charge is -2.07. The molecule has 0 spiro atoms. The summed E-state index contributed by atoms with van der Waals surface area (Å²) in [6.07, 6.45) is 2.34. The van der Waals surface area contributed by atoms with Crippen LogP contribution in [-0.4, -0.2) is 27.2 Å². The topological polar surface area (TPSA) is 99.0 Å². The molecular weight excluding hydrogens is 306 g/mol. The molecule has 0 atom stereocenters. The van der Waals surface area contributed by atoms with Crippen LogP contribution in [-0.2, 0) is 6.42 Å². The molecule has 1 aromatic carbocycles. The van der Waals surface area contributed by atoms with Crippen LogP contribution in [0, 0.1) is 13.8 Å². The number of aryl methyl sites for hydroxylation is 1. The first-order valence-corrected chi connectivity index (χ1v) is 7.66. The van der Waals surface area contributed by atoms with Crippen LogP contribution in [0.4, 0.5) is 5.69 Å². The molecule has 24 heavy (non-hydrogen) atoms. The quantitative estimate of drug-likeness (QED) is 0.749. The molecule has 7 heteroatoms. The zero-order valence-corrected chi connectivity index (χ0v) is 13.6. The standard InChI is InChI=1S/C17H19N5O2/c1-11-12(2)22(10-19-11)14-5-3-13(4-6-14)20-17(23)16-9-15(7-8-18)24-21-16/h3-6,9-10H,7-8,18H2,1-2H3,(H,20,23). The minimum absolute atomic E-state index is 0.239. The molecule has 3 aromatic rings. The van der Waals surface area contributed by atoms with Gasteiger partial charge < -0.3 is 20.1 Å². The van der Waals surface area contributed by atoms with Gasteiger partial charge in [-0.2, -0.15) is 0 Å². The van der Waals surface area contributed by atoms with E-state index in [1.165, 1.54) is 0 Å². The van der Waals surface area contributed by atoms with Crippen LogP contribution in [0.1, 0.15) is 27.6 Å². The van der Waals surface area contributed by atoms with E-state index in [0.29, 0.717) is 24.4 Å². The van der Waals surface area contributed by atoms with Crippen molar-refractivity contribution in [3.63, 3.8) is 0 Å². The second-order valence-corrected chi connectivity index (χ2v) is 5.50. The van der Waals surface area contributed by atoms with Crippen molar-refractivity contribution in [3.8, 4) is 5.69 Å². The fraction of sp³-hybridized carbons (Fsp3) is 0.235. The van der Waals surface area contributed by atoms with Crippen molar-refractivity contribution in [3.05, 3.63) is 59.5 Å². The van der Waals surface area contributed by atoms with Gasteiger partial charge in [-0.05, 0) is 44.7 Å². The minimum atomic E-state index is -0.315. The lowest BCUT2D eigenvalue weighted by atomic mass is 10.2. The largest absolute Gasteiger partial charge is 0.361 e. The van der Waals surface area contributed by atoms with E-state index in [9.17, 15) is 4.79 Å². The highest BCUT2D eigenvalue weighted by Gasteiger charge is 2.12. The normalized spacial score (nSPS) is 10.8. The van der Waals surface area contributed by atoms with Gasteiger partial charge in [-0.3, -0.25) is 4.79 Å². The number of hydrogen-bond acceptors (Lipinski definition) is 5. The third-order valence-electron chi connectivity index (χ3n) is 3.84. The first-order valence-electron chi connectivity index (χ1n) is 7.66. The van der Waals surface area contributed by atoms with E-state index in [4.69, 9.17) is 10.3 Å². The summed E-state index contributed by atoms with van der Waals surface area (Å²) in [4.78, 5) is 16.5. The van der Waals surface area contributed by atoms with E-state index >= 15 is 0 Å². The van der Waals surface area contributed by atoms with Crippen molar-refractivity contribution in [2.75, 3.05) is 11.9 Å². The fourth-order valence-electron chi connectivity index (χ4n) is 2.34. The lowest BCUT2D eigenvalue weighted by molar-refractivity contribution is 0.101. The smallest absolute Gasteiger partial charge is 0.277 e. The SMILES string of the molecule is Cc1ncn(-c2ccc(NC(=O)c3cc(CCN)on3)cc2)c1C. The first kappa shape index (κ1) is 15.9. The molecule has 7 nitrogen and oxygen atoms in total. The Balaban J connectivity index is 1.71. The number of imidazole rings is 1. The van der Waals surface area contributed by atoms with Crippen LogP contribution in [0.2, 0.25) is 0 Å². The van der Waals surface area contributed by atoms with Crippen molar-refractivity contribution >= 4 is 11.6 Å². The number of nitrogens with one attached hydrogen (secondary N) is 1. The Hall–Kier alpha value is -2.93. The number of anilines is 1. The van der Waals surface area contributed by atoms with Gasteiger partial charge in [-0.15, -0.1) is 0 Å². The summed E-state index contributed by atoms with van der Waals surface area (Å²) >= 11 is 0. The van der Waals surface area contributed by atoms with Crippen molar-refractivity contribution in [1.82, 2.24) is 14.7 Å². The van der Waals surface area contributed by atoms with Gasteiger partial charge in [-0.1, -0.05) is 5.16 Å². The predicted octanol–water partition coefficient (Wildman–Crippen LogP) is 2.23. The maximum atomic E-state index is 12.2. The van der Waals surface area contributed by atoms with Crippen LogP contribution in [0.5, 0.6) is 0 Å². The molecule has 0 unspecified atom stereocenters. The summed E-state index contributed by atoms with van der Waals surface area (Å²) < 4.78 is 7.05. The van der Waals surface area contributed by atoms with Crippen molar-refractivity contribution < 1.29 is 9.32 Å². The molecule has 2 heterocycles. The molecule has 124 valence electrons. The van der Waals surface area contributed by atoms with Crippen LogP contribution in [0.3, 0.4) is 0 Å². The van der Waals surface area contributed by atoms with Crippen LogP contribution >= 0.6 is 0 Å². The molecule has 0 bridgehead atoms. The first-order chi connectivity index (χ1) is 11.6. The summed E-state index contributed by atoms with van der Waals surface area (Å²) in [7, 11) is 0. The minimum Gasteiger partial charge on any atom is -0.361 e. The molecule has 3 rings (SSSR count). The summed E-state index contributed by atoms with van der Waals surface area (Å²) in [5.41, 5.74) is 9.43. The van der Waals surface area contributed by atoms with Crippen LogP contribution < -0.4 is 11.1 Å². The molecule has 1 amide bonds. The van der Waals surface area contributed by atoms with Gasteiger partial charge in [0.1, 0.15) is 5.76 Å². The highest BCUT2D eigenvalue weighted by molar-refractivity contribution is 6.02. The fourth-order valence-corrected chi connectivity index (χ4v) is 2.34. The Kier molecular flexibility index (Phi) is 4.43. The van der Waals surface area contributed by atoms with E-state index in [-0.39, 0.29) is 11.6 Å². The van der Waals surface area contributed by atoms with Crippen LogP contribution in [0.15, 0.2) is 41.2 Å². The maximum absolute atomic E-state index is 12.2. The number of rotatable bonds is 5. The molecular formula is C17H19N5O2. The summed E-state index contributed by atoms with van der Waals surface area (Å²) in [6.45, 7) is 4.43. The van der Waals surface area contributed by atoms with Crippen LogP contribution in [0.25, 0.3) is 5.69 Å². The Morgan fingerprint density at radius 3 is 2.67 bits per heavy atom. The Morgan fingerprint density at radius 1 is 1.29 bits per heavy atom. The molecule has 0 aliphatic heterocycles. The molecule has 3 N–H and O–H groups in total. The molecule has 0 fully saturated rings. The third-order valence-corrected chi connectivity index (χ3v) is 3.84. The highest BCUT2D eigenvalue weighted by Crippen LogP contribution is 2.17. The van der Waals surface area contributed by atoms with Crippen molar-refractivity contribution in [2.45, 2.75) is 20.3 Å². The lowest BCUT2D eigenvalue weighted by Crippen LogP contribution is -2.12. The van der Waals surface area contributed by atoms with Gasteiger partial charge in [-0.25, -0.2) is 4.98 Å². The zero-order valence-electron chi connectivity index (χ0n) is 13.6. The van der Waals surface area contributed by atoms with Gasteiger partial charge in [0.15, 0.2) is 5.69 Å². The predicted molar refractivity (Wildman–Crippen MR) is 90.3 cm³/mol. The third kappa shape index (κ3) is 3.21. The van der Waals surface area contributed by atoms with Crippen molar-refractivity contribution in [1.29, 1.82) is 0 Å². The summed E-state index contributed by atoms with van der Waals surface area (Å²) in [5.74, 6) is 0.286. The number of nitrogens with two attached hydrogens (primary N) is 1.